The second-order valence-corrected chi connectivity index (χ2v) is 5.56. The lowest BCUT2D eigenvalue weighted by Crippen LogP contribution is -2.34. The van der Waals surface area contributed by atoms with Crippen molar-refractivity contribution >= 4 is 16.0 Å². The number of ether oxygens (including phenoxy) is 1. The standard InChI is InChI=1S/C11H15NO6S/c1-18-7-9(13)6-12-19(16,17)10-4-2-3-8(5-10)11(14)15/h2-5,9,12-13H,6-7H2,1H3,(H,14,15). The molecule has 7 nitrogen and oxygen atoms in total. The number of hydrogen-bond donors (Lipinski definition) is 3. The number of aliphatic hydroxyl groups is 1. The van der Waals surface area contributed by atoms with Gasteiger partial charge in [-0.3, -0.25) is 0 Å². The molecule has 3 N–H and O–H groups in total. The number of carboxylic acid groups (broad SMARTS) is 1. The SMILES string of the molecule is COCC(O)CNS(=O)(=O)c1cccc(C(=O)O)c1. The van der Waals surface area contributed by atoms with Crippen LogP contribution in [0.4, 0.5) is 0 Å². The van der Waals surface area contributed by atoms with E-state index in [1.165, 1.54) is 25.3 Å². The number of rotatable bonds is 7. The molecule has 19 heavy (non-hydrogen) atoms. The average Bonchev–Trinajstić information content (AvgIpc) is 2.37. The van der Waals surface area contributed by atoms with E-state index < -0.39 is 22.1 Å². The van der Waals surface area contributed by atoms with Crippen molar-refractivity contribution in [2.75, 3.05) is 20.3 Å². The molecule has 1 rings (SSSR count). The van der Waals surface area contributed by atoms with Crippen molar-refractivity contribution in [3.05, 3.63) is 29.8 Å². The molecule has 0 bridgehead atoms. The minimum atomic E-state index is -3.86. The first kappa shape index (κ1) is 15.6. The van der Waals surface area contributed by atoms with E-state index in [1.54, 1.807) is 0 Å². The summed E-state index contributed by atoms with van der Waals surface area (Å²) >= 11 is 0. The highest BCUT2D eigenvalue weighted by molar-refractivity contribution is 7.89. The molecule has 0 aromatic heterocycles. The first-order valence-electron chi connectivity index (χ1n) is 5.37. The number of nitrogens with one attached hydrogen (secondary N) is 1. The molecule has 1 unspecified atom stereocenters. The zero-order valence-corrected chi connectivity index (χ0v) is 11.1. The van der Waals surface area contributed by atoms with E-state index >= 15 is 0 Å². The Hall–Kier alpha value is -1.48. The van der Waals surface area contributed by atoms with Crippen LogP contribution in [0, 0.1) is 0 Å². The number of aliphatic hydroxyl groups excluding tert-OH is 1. The van der Waals surface area contributed by atoms with Crippen molar-refractivity contribution < 1.29 is 28.2 Å². The minimum absolute atomic E-state index is 0.00230. The van der Waals surface area contributed by atoms with Gasteiger partial charge in [0.05, 0.1) is 23.2 Å². The van der Waals surface area contributed by atoms with Crippen molar-refractivity contribution in [1.82, 2.24) is 4.72 Å². The Kier molecular flexibility index (Phi) is 5.43. The second-order valence-electron chi connectivity index (χ2n) is 3.79. The molecule has 0 aliphatic heterocycles. The number of carbonyl (C=O) groups is 1. The van der Waals surface area contributed by atoms with Crippen molar-refractivity contribution in [2.45, 2.75) is 11.0 Å². The fourth-order valence-electron chi connectivity index (χ4n) is 1.34. The summed E-state index contributed by atoms with van der Waals surface area (Å²) in [5, 5.41) is 18.1. The predicted molar refractivity (Wildman–Crippen MR) is 66.5 cm³/mol. The number of sulfonamides is 1. The zero-order valence-electron chi connectivity index (χ0n) is 10.2. The molecule has 8 heteroatoms. The van der Waals surface area contributed by atoms with Crippen LogP contribution in [0.5, 0.6) is 0 Å². The smallest absolute Gasteiger partial charge is 0.335 e. The number of carboxylic acids is 1. The van der Waals surface area contributed by atoms with Gasteiger partial charge in [0, 0.05) is 13.7 Å². The maximum Gasteiger partial charge on any atom is 0.335 e. The van der Waals surface area contributed by atoms with Gasteiger partial charge in [-0.1, -0.05) is 6.07 Å². The lowest BCUT2D eigenvalue weighted by atomic mass is 10.2. The van der Waals surface area contributed by atoms with E-state index in [4.69, 9.17) is 5.11 Å². The third-order valence-corrected chi connectivity index (χ3v) is 3.68. The quantitative estimate of drug-likeness (QED) is 0.633. The molecule has 0 heterocycles. The number of aromatic carboxylic acids is 1. The molecule has 0 aliphatic rings. The summed E-state index contributed by atoms with van der Waals surface area (Å²) in [5.41, 5.74) is -0.125. The Balaban J connectivity index is 2.83. The fraction of sp³-hybridized carbons (Fsp3) is 0.364. The van der Waals surface area contributed by atoms with Gasteiger partial charge in [0.25, 0.3) is 0 Å². The van der Waals surface area contributed by atoms with Crippen LogP contribution >= 0.6 is 0 Å². The van der Waals surface area contributed by atoms with Gasteiger partial charge >= 0.3 is 5.97 Å². The van der Waals surface area contributed by atoms with E-state index in [-0.39, 0.29) is 23.6 Å². The monoisotopic (exact) mass is 289 g/mol. The van der Waals surface area contributed by atoms with Crippen LogP contribution in [0.2, 0.25) is 0 Å². The summed E-state index contributed by atoms with van der Waals surface area (Å²) in [6.45, 7) is -0.217. The minimum Gasteiger partial charge on any atom is -0.478 e. The van der Waals surface area contributed by atoms with Crippen LogP contribution in [0.25, 0.3) is 0 Å². The maximum absolute atomic E-state index is 11.9. The van der Waals surface area contributed by atoms with Gasteiger partial charge < -0.3 is 14.9 Å². The Morgan fingerprint density at radius 2 is 2.16 bits per heavy atom. The summed E-state index contributed by atoms with van der Waals surface area (Å²) in [6.07, 6.45) is -0.970. The zero-order chi connectivity index (χ0) is 14.5. The van der Waals surface area contributed by atoms with Gasteiger partial charge in [-0.25, -0.2) is 17.9 Å². The van der Waals surface area contributed by atoms with Crippen molar-refractivity contribution in [1.29, 1.82) is 0 Å². The van der Waals surface area contributed by atoms with Crippen LogP contribution in [0.15, 0.2) is 29.2 Å². The molecular formula is C11H15NO6S. The predicted octanol–water partition coefficient (Wildman–Crippen LogP) is -0.330. The molecule has 0 amide bonds. The highest BCUT2D eigenvalue weighted by Crippen LogP contribution is 2.11. The fourth-order valence-corrected chi connectivity index (χ4v) is 2.46. The van der Waals surface area contributed by atoms with Crippen LogP contribution in [-0.4, -0.2) is 51.0 Å². The molecule has 0 saturated carbocycles. The molecule has 1 aromatic rings. The Morgan fingerprint density at radius 1 is 1.47 bits per heavy atom. The second kappa shape index (κ2) is 6.62. The first-order chi connectivity index (χ1) is 8.86. The highest BCUT2D eigenvalue weighted by Gasteiger charge is 2.17. The molecule has 0 aliphatic carbocycles. The molecule has 106 valence electrons. The summed E-state index contributed by atoms with van der Waals surface area (Å²) in [7, 11) is -2.48. The van der Waals surface area contributed by atoms with Crippen LogP contribution < -0.4 is 4.72 Å². The van der Waals surface area contributed by atoms with E-state index in [0.29, 0.717) is 0 Å². The van der Waals surface area contributed by atoms with E-state index in [0.717, 1.165) is 6.07 Å². The number of benzene rings is 1. The molecule has 0 radical (unpaired) electrons. The third kappa shape index (κ3) is 4.60. The Labute approximate surface area is 110 Å². The number of hydrogen-bond acceptors (Lipinski definition) is 5. The largest absolute Gasteiger partial charge is 0.478 e. The lowest BCUT2D eigenvalue weighted by molar-refractivity contribution is 0.0678. The van der Waals surface area contributed by atoms with E-state index in [9.17, 15) is 18.3 Å². The molecule has 0 spiro atoms. The topological polar surface area (TPSA) is 113 Å². The molecule has 1 aromatic carbocycles. The van der Waals surface area contributed by atoms with Crippen molar-refractivity contribution in [3.63, 3.8) is 0 Å². The van der Waals surface area contributed by atoms with Crippen LogP contribution in [0.3, 0.4) is 0 Å². The molecule has 0 fully saturated rings. The van der Waals surface area contributed by atoms with Gasteiger partial charge in [0.15, 0.2) is 0 Å². The van der Waals surface area contributed by atoms with Gasteiger partial charge in [-0.15, -0.1) is 0 Å². The normalized spacial score (nSPS) is 13.2. The Morgan fingerprint density at radius 3 is 2.74 bits per heavy atom. The van der Waals surface area contributed by atoms with Crippen LogP contribution in [-0.2, 0) is 14.8 Å². The van der Waals surface area contributed by atoms with Crippen LogP contribution in [0.1, 0.15) is 10.4 Å². The summed E-state index contributed by atoms with van der Waals surface area (Å²) in [5.74, 6) is -1.21. The average molecular weight is 289 g/mol. The van der Waals surface area contributed by atoms with Gasteiger partial charge in [-0.05, 0) is 18.2 Å². The summed E-state index contributed by atoms with van der Waals surface area (Å²) < 4.78 is 30.6. The van der Waals surface area contributed by atoms with E-state index in [1.807, 2.05) is 0 Å². The molecule has 0 saturated heterocycles. The first-order valence-corrected chi connectivity index (χ1v) is 6.85. The van der Waals surface area contributed by atoms with Gasteiger partial charge in [0.1, 0.15) is 0 Å². The lowest BCUT2D eigenvalue weighted by Gasteiger charge is -2.11. The van der Waals surface area contributed by atoms with Crippen molar-refractivity contribution in [3.8, 4) is 0 Å². The van der Waals surface area contributed by atoms with Crippen molar-refractivity contribution in [2.24, 2.45) is 0 Å². The third-order valence-electron chi connectivity index (χ3n) is 2.26. The summed E-state index contributed by atoms with van der Waals surface area (Å²) in [6, 6.07) is 4.95. The Bertz CT molecular complexity index is 542. The van der Waals surface area contributed by atoms with Gasteiger partial charge in [-0.2, -0.15) is 0 Å². The highest BCUT2D eigenvalue weighted by atomic mass is 32.2. The molecule has 1 atom stereocenters. The number of methoxy groups -OCH3 is 1. The molecular weight excluding hydrogens is 274 g/mol. The summed E-state index contributed by atoms with van der Waals surface area (Å²) in [4.78, 5) is 10.6. The maximum atomic E-state index is 11.9. The van der Waals surface area contributed by atoms with E-state index in [2.05, 4.69) is 9.46 Å². The van der Waals surface area contributed by atoms with Gasteiger partial charge in [0.2, 0.25) is 10.0 Å².